The minimum absolute atomic E-state index is 0.116. The molecule has 0 aliphatic carbocycles. The summed E-state index contributed by atoms with van der Waals surface area (Å²) in [5, 5.41) is 5.21. The third-order valence-corrected chi connectivity index (χ3v) is 3.18. The fraction of sp³-hybridized carbons (Fsp3) is 0.231. The zero-order valence-electron chi connectivity index (χ0n) is 9.81. The van der Waals surface area contributed by atoms with Crippen molar-refractivity contribution in [1.82, 2.24) is 4.98 Å². The second-order valence-electron chi connectivity index (χ2n) is 4.07. The van der Waals surface area contributed by atoms with E-state index in [2.05, 4.69) is 24.1 Å². The van der Waals surface area contributed by atoms with Gasteiger partial charge in [-0.15, -0.1) is 11.3 Å². The standard InChI is InChI=1S/C13H14N2OS/c1-9(2)10-3-5-11(6-4-10)12(16)15-13-14-7-8-17-13/h3-9H,1-2H3,(H,14,15,16). The van der Waals surface area contributed by atoms with Gasteiger partial charge in [0, 0.05) is 17.1 Å². The van der Waals surface area contributed by atoms with Crippen molar-refractivity contribution in [1.29, 1.82) is 0 Å². The maximum absolute atomic E-state index is 11.8. The third kappa shape index (κ3) is 2.91. The molecule has 0 radical (unpaired) electrons. The molecule has 2 rings (SSSR count). The Bertz CT molecular complexity index is 489. The van der Waals surface area contributed by atoms with E-state index in [1.54, 1.807) is 6.20 Å². The van der Waals surface area contributed by atoms with E-state index in [1.165, 1.54) is 16.9 Å². The van der Waals surface area contributed by atoms with Gasteiger partial charge < -0.3 is 0 Å². The zero-order valence-corrected chi connectivity index (χ0v) is 10.6. The van der Waals surface area contributed by atoms with E-state index in [0.717, 1.165) is 0 Å². The predicted molar refractivity (Wildman–Crippen MR) is 70.6 cm³/mol. The first-order chi connectivity index (χ1) is 8.16. The number of carbonyl (C=O) groups excluding carboxylic acids is 1. The van der Waals surface area contributed by atoms with E-state index in [-0.39, 0.29) is 5.91 Å². The molecule has 88 valence electrons. The van der Waals surface area contributed by atoms with Gasteiger partial charge in [-0.25, -0.2) is 4.98 Å². The normalized spacial score (nSPS) is 10.5. The van der Waals surface area contributed by atoms with Crippen LogP contribution in [0.4, 0.5) is 5.13 Å². The number of nitrogens with zero attached hydrogens (tertiary/aromatic N) is 1. The van der Waals surface area contributed by atoms with Crippen molar-refractivity contribution >= 4 is 22.4 Å². The number of aromatic nitrogens is 1. The average Bonchev–Trinajstić information content (AvgIpc) is 2.82. The first-order valence-electron chi connectivity index (χ1n) is 5.47. The summed E-state index contributed by atoms with van der Waals surface area (Å²) >= 11 is 1.41. The molecule has 0 saturated heterocycles. The number of hydrogen-bond donors (Lipinski definition) is 1. The van der Waals surface area contributed by atoms with E-state index in [9.17, 15) is 4.79 Å². The number of hydrogen-bond acceptors (Lipinski definition) is 3. The minimum Gasteiger partial charge on any atom is -0.298 e. The summed E-state index contributed by atoms with van der Waals surface area (Å²) < 4.78 is 0. The Hall–Kier alpha value is -1.68. The molecular weight excluding hydrogens is 232 g/mol. The van der Waals surface area contributed by atoms with Crippen LogP contribution in [0.3, 0.4) is 0 Å². The lowest BCUT2D eigenvalue weighted by molar-refractivity contribution is 0.102. The minimum atomic E-state index is -0.116. The maximum atomic E-state index is 11.8. The molecular formula is C13H14N2OS. The summed E-state index contributed by atoms with van der Waals surface area (Å²) in [6.45, 7) is 4.26. The summed E-state index contributed by atoms with van der Waals surface area (Å²) in [7, 11) is 0. The molecule has 1 heterocycles. The number of rotatable bonds is 3. The highest BCUT2D eigenvalue weighted by atomic mass is 32.1. The van der Waals surface area contributed by atoms with Crippen molar-refractivity contribution in [3.8, 4) is 0 Å². The smallest absolute Gasteiger partial charge is 0.257 e. The van der Waals surface area contributed by atoms with Gasteiger partial charge >= 0.3 is 0 Å². The number of carbonyl (C=O) groups is 1. The molecule has 1 N–H and O–H groups in total. The molecule has 0 unspecified atom stereocenters. The van der Waals surface area contributed by atoms with Gasteiger partial charge in [0.2, 0.25) is 0 Å². The summed E-state index contributed by atoms with van der Waals surface area (Å²) in [6, 6.07) is 7.67. The highest BCUT2D eigenvalue weighted by molar-refractivity contribution is 7.13. The second kappa shape index (κ2) is 5.10. The van der Waals surface area contributed by atoms with Crippen LogP contribution in [0.2, 0.25) is 0 Å². The summed E-state index contributed by atoms with van der Waals surface area (Å²) in [5.41, 5.74) is 1.89. The van der Waals surface area contributed by atoms with E-state index in [4.69, 9.17) is 0 Å². The molecule has 3 nitrogen and oxygen atoms in total. The maximum Gasteiger partial charge on any atom is 0.257 e. The van der Waals surface area contributed by atoms with Crippen LogP contribution < -0.4 is 5.32 Å². The largest absolute Gasteiger partial charge is 0.298 e. The first kappa shape index (κ1) is 11.8. The highest BCUT2D eigenvalue weighted by Gasteiger charge is 2.07. The van der Waals surface area contributed by atoms with Crippen molar-refractivity contribution in [3.63, 3.8) is 0 Å². The van der Waals surface area contributed by atoms with Crippen molar-refractivity contribution < 1.29 is 4.79 Å². The Morgan fingerprint density at radius 2 is 2.00 bits per heavy atom. The molecule has 0 spiro atoms. The van der Waals surface area contributed by atoms with Crippen LogP contribution in [0.15, 0.2) is 35.8 Å². The number of benzene rings is 1. The lowest BCUT2D eigenvalue weighted by Gasteiger charge is -2.06. The SMILES string of the molecule is CC(C)c1ccc(C(=O)Nc2nccs2)cc1. The molecule has 0 bridgehead atoms. The van der Waals surface area contributed by atoms with Crippen LogP contribution in [0.25, 0.3) is 0 Å². The number of nitrogens with one attached hydrogen (secondary N) is 1. The molecule has 0 aliphatic heterocycles. The molecule has 17 heavy (non-hydrogen) atoms. The number of amides is 1. The van der Waals surface area contributed by atoms with Crippen LogP contribution >= 0.6 is 11.3 Å². The zero-order chi connectivity index (χ0) is 12.3. The van der Waals surface area contributed by atoms with E-state index < -0.39 is 0 Å². The molecule has 1 amide bonds. The summed E-state index contributed by atoms with van der Waals surface area (Å²) in [5.74, 6) is 0.362. The van der Waals surface area contributed by atoms with Crippen LogP contribution in [0.1, 0.15) is 35.7 Å². The first-order valence-corrected chi connectivity index (χ1v) is 6.35. The van der Waals surface area contributed by atoms with Gasteiger partial charge in [-0.05, 0) is 23.6 Å². The fourth-order valence-electron chi connectivity index (χ4n) is 1.47. The van der Waals surface area contributed by atoms with Crippen molar-refractivity contribution in [2.24, 2.45) is 0 Å². The monoisotopic (exact) mass is 246 g/mol. The topological polar surface area (TPSA) is 42.0 Å². The van der Waals surface area contributed by atoms with Gasteiger partial charge in [0.05, 0.1) is 0 Å². The molecule has 1 aromatic carbocycles. The predicted octanol–water partition coefficient (Wildman–Crippen LogP) is 3.52. The Morgan fingerprint density at radius 1 is 1.29 bits per heavy atom. The number of anilines is 1. The third-order valence-electron chi connectivity index (χ3n) is 2.49. The van der Waals surface area contributed by atoms with Gasteiger partial charge in [-0.2, -0.15) is 0 Å². The molecule has 0 atom stereocenters. The van der Waals surface area contributed by atoms with Gasteiger partial charge in [-0.1, -0.05) is 26.0 Å². The van der Waals surface area contributed by atoms with Crippen molar-refractivity contribution in [3.05, 3.63) is 47.0 Å². The Morgan fingerprint density at radius 3 is 2.53 bits per heavy atom. The van der Waals surface area contributed by atoms with Crippen LogP contribution in [-0.2, 0) is 0 Å². The van der Waals surface area contributed by atoms with Gasteiger partial charge in [0.1, 0.15) is 0 Å². The van der Waals surface area contributed by atoms with Gasteiger partial charge in [0.15, 0.2) is 5.13 Å². The van der Waals surface area contributed by atoms with Crippen molar-refractivity contribution in [2.45, 2.75) is 19.8 Å². The van der Waals surface area contributed by atoms with Gasteiger partial charge in [0.25, 0.3) is 5.91 Å². The molecule has 4 heteroatoms. The second-order valence-corrected chi connectivity index (χ2v) is 4.96. The molecule has 2 aromatic rings. The number of thiazole rings is 1. The van der Waals surface area contributed by atoms with Crippen LogP contribution in [0.5, 0.6) is 0 Å². The Kier molecular flexibility index (Phi) is 3.54. The van der Waals surface area contributed by atoms with E-state index in [1.807, 2.05) is 29.6 Å². The summed E-state index contributed by atoms with van der Waals surface area (Å²) in [4.78, 5) is 15.9. The van der Waals surface area contributed by atoms with Gasteiger partial charge in [-0.3, -0.25) is 10.1 Å². The molecule has 1 aromatic heterocycles. The van der Waals surface area contributed by atoms with E-state index in [0.29, 0.717) is 16.6 Å². The Balaban J connectivity index is 2.09. The Labute approximate surface area is 105 Å². The lowest BCUT2D eigenvalue weighted by atomic mass is 10.0. The molecule has 0 aliphatic rings. The summed E-state index contributed by atoms with van der Waals surface area (Å²) in [6.07, 6.45) is 1.67. The molecule has 0 saturated carbocycles. The fourth-order valence-corrected chi connectivity index (χ4v) is 2.00. The molecule has 0 fully saturated rings. The lowest BCUT2D eigenvalue weighted by Crippen LogP contribution is -2.11. The quantitative estimate of drug-likeness (QED) is 0.900. The highest BCUT2D eigenvalue weighted by Crippen LogP contribution is 2.16. The van der Waals surface area contributed by atoms with Crippen LogP contribution in [-0.4, -0.2) is 10.9 Å². The van der Waals surface area contributed by atoms with Crippen LogP contribution in [0, 0.1) is 0 Å². The average molecular weight is 246 g/mol. The van der Waals surface area contributed by atoms with E-state index >= 15 is 0 Å². The van der Waals surface area contributed by atoms with Crippen molar-refractivity contribution in [2.75, 3.05) is 5.32 Å².